The lowest BCUT2D eigenvalue weighted by atomic mass is 9.95. The minimum absolute atomic E-state index is 0.283. The second-order valence-electron chi connectivity index (χ2n) is 7.22. The van der Waals surface area contributed by atoms with Crippen LogP contribution in [-0.2, 0) is 6.42 Å². The topological polar surface area (TPSA) is 61.5 Å². The third kappa shape index (κ3) is 3.37. The molecule has 2 aromatic rings. The van der Waals surface area contributed by atoms with E-state index in [0.29, 0.717) is 39.8 Å². The number of nitrogens with one attached hydrogen (secondary N) is 1. The highest BCUT2D eigenvalue weighted by Gasteiger charge is 2.36. The summed E-state index contributed by atoms with van der Waals surface area (Å²) < 4.78 is 15.5. The number of benzene rings is 2. The Kier molecular flexibility index (Phi) is 4.74. The van der Waals surface area contributed by atoms with Gasteiger partial charge in [-0.3, -0.25) is 0 Å². The quantitative estimate of drug-likeness (QED) is 0.658. The smallest absolute Gasteiger partial charge is 0.170 e. The van der Waals surface area contributed by atoms with E-state index in [0.717, 1.165) is 24.8 Å². The molecule has 4 N–H and O–H groups in total. The maximum atomic E-state index is 15.5. The van der Waals surface area contributed by atoms with E-state index < -0.39 is 6.10 Å². The molecule has 1 aliphatic heterocycles. The minimum Gasteiger partial charge on any atom is -0.398 e. The van der Waals surface area contributed by atoms with Crippen LogP contribution in [-0.4, -0.2) is 17.7 Å². The molecule has 142 valence electrons. The highest BCUT2D eigenvalue weighted by atomic mass is 35.5. The summed E-state index contributed by atoms with van der Waals surface area (Å²) in [6, 6.07) is 7.90. The average molecular weight is 388 g/mol. The molecule has 6 heteroatoms. The van der Waals surface area contributed by atoms with Crippen molar-refractivity contribution in [1.82, 2.24) is 0 Å². The Morgan fingerprint density at radius 2 is 2.00 bits per heavy atom. The summed E-state index contributed by atoms with van der Waals surface area (Å²) in [4.78, 5) is 1.91. The van der Waals surface area contributed by atoms with Crippen LogP contribution in [0.25, 0.3) is 0 Å². The molecule has 1 saturated carbocycles. The van der Waals surface area contributed by atoms with E-state index in [1.807, 2.05) is 29.2 Å². The first-order chi connectivity index (χ1) is 13.0. The largest absolute Gasteiger partial charge is 0.398 e. The van der Waals surface area contributed by atoms with Gasteiger partial charge in [0.05, 0.1) is 11.4 Å². The molecule has 4 rings (SSSR count). The third-order valence-electron chi connectivity index (χ3n) is 5.30. The molecule has 0 aromatic heterocycles. The van der Waals surface area contributed by atoms with Crippen molar-refractivity contribution in [2.24, 2.45) is 0 Å². The van der Waals surface area contributed by atoms with Gasteiger partial charge in [-0.1, -0.05) is 23.7 Å². The van der Waals surface area contributed by atoms with Crippen LogP contribution >= 0.6 is 11.6 Å². The fraction of sp³-hybridized carbons (Fsp3) is 0.333. The molecule has 0 saturated heterocycles. The lowest BCUT2D eigenvalue weighted by molar-refractivity contribution is 0.227. The summed E-state index contributed by atoms with van der Waals surface area (Å²) in [5.41, 5.74) is 9.79. The average Bonchev–Trinajstić information content (AvgIpc) is 3.49. The predicted molar refractivity (Wildman–Crippen MR) is 109 cm³/mol. The highest BCUT2D eigenvalue weighted by Crippen LogP contribution is 2.47. The number of fused-ring (bicyclic) bond motifs is 1. The minimum atomic E-state index is -0.883. The lowest BCUT2D eigenvalue weighted by Crippen LogP contribution is -2.27. The predicted octanol–water partition coefficient (Wildman–Crippen LogP) is 4.55. The lowest BCUT2D eigenvalue weighted by Gasteiger charge is -2.32. The molecule has 0 spiro atoms. The number of nitrogen functional groups attached to an aromatic ring is 1. The Morgan fingerprint density at radius 1 is 1.30 bits per heavy atom. The van der Waals surface area contributed by atoms with Gasteiger partial charge in [0.25, 0.3) is 0 Å². The standard InChI is InChI=1S/C21H23ClFN3O/c1-12-19(24)17-16(27)9-11-26(15-6-7-15)21(17)18(23)20(12)25-10-8-13-2-4-14(22)5-3-13/h2-5,9,11,15-16,25,27H,6-8,10,24H2,1H3. The van der Waals surface area contributed by atoms with Gasteiger partial charge in [-0.05, 0) is 55.5 Å². The number of nitrogens with two attached hydrogens (primary N) is 1. The molecule has 2 aliphatic rings. The molecule has 1 heterocycles. The maximum Gasteiger partial charge on any atom is 0.170 e. The number of halogens is 2. The van der Waals surface area contributed by atoms with Crippen LogP contribution in [0.2, 0.25) is 5.02 Å². The molecule has 1 unspecified atom stereocenters. The molecule has 2 aromatic carbocycles. The van der Waals surface area contributed by atoms with Crippen LogP contribution in [0, 0.1) is 12.7 Å². The van der Waals surface area contributed by atoms with Gasteiger partial charge in [0, 0.05) is 35.1 Å². The third-order valence-corrected chi connectivity index (χ3v) is 5.56. The zero-order valence-electron chi connectivity index (χ0n) is 15.2. The number of aliphatic hydroxyl groups is 1. The summed E-state index contributed by atoms with van der Waals surface area (Å²) >= 11 is 5.91. The van der Waals surface area contributed by atoms with Crippen LogP contribution in [0.3, 0.4) is 0 Å². The molecule has 0 radical (unpaired) electrons. The van der Waals surface area contributed by atoms with E-state index in [1.54, 1.807) is 19.2 Å². The fourth-order valence-electron chi connectivity index (χ4n) is 3.61. The van der Waals surface area contributed by atoms with Crippen molar-refractivity contribution in [3.63, 3.8) is 0 Å². The van der Waals surface area contributed by atoms with Gasteiger partial charge < -0.3 is 21.1 Å². The molecule has 27 heavy (non-hydrogen) atoms. The van der Waals surface area contributed by atoms with Crippen molar-refractivity contribution < 1.29 is 9.50 Å². The van der Waals surface area contributed by atoms with Crippen LogP contribution in [0.1, 0.15) is 35.6 Å². The van der Waals surface area contributed by atoms with Crippen molar-refractivity contribution in [2.45, 2.75) is 38.3 Å². The monoisotopic (exact) mass is 387 g/mol. The normalized spacial score (nSPS) is 18.5. The van der Waals surface area contributed by atoms with Crippen LogP contribution < -0.4 is 16.0 Å². The van der Waals surface area contributed by atoms with Crippen LogP contribution in [0.5, 0.6) is 0 Å². The Hall–Kier alpha value is -2.24. The molecule has 1 atom stereocenters. The molecule has 4 nitrogen and oxygen atoms in total. The maximum absolute atomic E-state index is 15.5. The first-order valence-corrected chi connectivity index (χ1v) is 9.59. The van der Waals surface area contributed by atoms with Crippen molar-refractivity contribution >= 4 is 28.7 Å². The van der Waals surface area contributed by atoms with Crippen molar-refractivity contribution in [1.29, 1.82) is 0 Å². The molecule has 1 fully saturated rings. The zero-order chi connectivity index (χ0) is 19.1. The van der Waals surface area contributed by atoms with E-state index in [4.69, 9.17) is 17.3 Å². The molecule has 0 bridgehead atoms. The summed E-state index contributed by atoms with van der Waals surface area (Å²) in [5.74, 6) is -0.344. The van der Waals surface area contributed by atoms with Gasteiger partial charge >= 0.3 is 0 Å². The van der Waals surface area contributed by atoms with Crippen molar-refractivity contribution in [3.05, 3.63) is 64.1 Å². The molecule has 0 amide bonds. The van der Waals surface area contributed by atoms with Gasteiger partial charge in [-0.2, -0.15) is 0 Å². The van der Waals surface area contributed by atoms with E-state index in [1.165, 1.54) is 0 Å². The van der Waals surface area contributed by atoms with E-state index in [9.17, 15) is 5.11 Å². The molecule has 1 aliphatic carbocycles. The van der Waals surface area contributed by atoms with Crippen LogP contribution in [0.15, 0.2) is 36.5 Å². The van der Waals surface area contributed by atoms with Gasteiger partial charge in [0.15, 0.2) is 5.82 Å². The van der Waals surface area contributed by atoms with Gasteiger partial charge in [0.1, 0.15) is 6.10 Å². The summed E-state index contributed by atoms with van der Waals surface area (Å²) in [6.07, 6.45) is 5.34. The number of rotatable bonds is 5. The fourth-order valence-corrected chi connectivity index (χ4v) is 3.74. The number of nitrogens with zero attached hydrogens (tertiary/aromatic N) is 1. The van der Waals surface area contributed by atoms with E-state index in [-0.39, 0.29) is 11.9 Å². The Labute approximate surface area is 163 Å². The Bertz CT molecular complexity index is 894. The summed E-state index contributed by atoms with van der Waals surface area (Å²) in [5, 5.41) is 14.3. The summed E-state index contributed by atoms with van der Waals surface area (Å²) in [6.45, 7) is 2.36. The van der Waals surface area contributed by atoms with Gasteiger partial charge in [0.2, 0.25) is 0 Å². The van der Waals surface area contributed by atoms with E-state index >= 15 is 4.39 Å². The Balaban J connectivity index is 1.62. The number of aliphatic hydroxyl groups excluding tert-OH is 1. The second-order valence-corrected chi connectivity index (χ2v) is 7.65. The number of hydrogen-bond donors (Lipinski definition) is 3. The SMILES string of the molecule is Cc1c(N)c2c(c(F)c1NCCc1ccc(Cl)cc1)N(C1CC1)C=CC2O. The highest BCUT2D eigenvalue weighted by molar-refractivity contribution is 6.30. The van der Waals surface area contributed by atoms with Gasteiger partial charge in [-0.15, -0.1) is 0 Å². The molecular formula is C21H23ClFN3O. The molecular weight excluding hydrogens is 365 g/mol. The van der Waals surface area contributed by atoms with E-state index in [2.05, 4.69) is 5.32 Å². The summed E-state index contributed by atoms with van der Waals surface area (Å²) in [7, 11) is 0. The number of anilines is 3. The van der Waals surface area contributed by atoms with Gasteiger partial charge in [-0.25, -0.2) is 4.39 Å². The van der Waals surface area contributed by atoms with Crippen LogP contribution in [0.4, 0.5) is 21.5 Å². The first-order valence-electron chi connectivity index (χ1n) is 9.22. The zero-order valence-corrected chi connectivity index (χ0v) is 15.9. The first kappa shape index (κ1) is 18.1. The van der Waals surface area contributed by atoms with Crippen molar-refractivity contribution in [2.75, 3.05) is 22.5 Å². The second kappa shape index (κ2) is 7.06. The Morgan fingerprint density at radius 3 is 2.67 bits per heavy atom. The number of hydrogen-bond acceptors (Lipinski definition) is 4. The van der Waals surface area contributed by atoms with Crippen molar-refractivity contribution in [3.8, 4) is 0 Å².